The predicted molar refractivity (Wildman–Crippen MR) is 88.4 cm³/mol. The van der Waals surface area contributed by atoms with Gasteiger partial charge < -0.3 is 15.2 Å². The van der Waals surface area contributed by atoms with E-state index in [0.717, 1.165) is 0 Å². The Morgan fingerprint density at radius 1 is 1.33 bits per heavy atom. The average Bonchev–Trinajstić information content (AvgIpc) is 2.59. The molecule has 0 aromatic heterocycles. The number of carbonyl (C=O) groups is 1. The van der Waals surface area contributed by atoms with Crippen molar-refractivity contribution in [3.05, 3.63) is 68.7 Å². The predicted octanol–water partition coefficient (Wildman–Crippen LogP) is 2.72. The van der Waals surface area contributed by atoms with Crippen LogP contribution in [0.25, 0.3) is 0 Å². The van der Waals surface area contributed by atoms with Crippen LogP contribution in [0.1, 0.15) is 22.0 Å². The topological polar surface area (TPSA) is 102 Å². The number of nitrogens with zero attached hydrogens (tertiary/aromatic N) is 1. The number of amides is 1. The minimum atomic E-state index is -1.00. The normalized spacial score (nSPS) is 11.6. The fourth-order valence-electron chi connectivity index (χ4n) is 2.08. The number of methoxy groups -OCH3 is 1. The van der Waals surface area contributed by atoms with Crippen LogP contribution >= 0.6 is 11.6 Å². The molecule has 2 aromatic carbocycles. The third-order valence-electron chi connectivity index (χ3n) is 3.35. The number of hydrogen-bond acceptors (Lipinski definition) is 5. The first kappa shape index (κ1) is 17.7. The lowest BCUT2D eigenvalue weighted by Crippen LogP contribution is -2.28. The average molecular weight is 351 g/mol. The number of ether oxygens (including phenoxy) is 1. The molecule has 0 heterocycles. The van der Waals surface area contributed by atoms with Crippen LogP contribution in [0, 0.1) is 10.1 Å². The van der Waals surface area contributed by atoms with E-state index in [2.05, 4.69) is 5.32 Å². The summed E-state index contributed by atoms with van der Waals surface area (Å²) in [4.78, 5) is 22.3. The summed E-state index contributed by atoms with van der Waals surface area (Å²) in [6, 6.07) is 10.1. The molecular formula is C16H15ClN2O5. The minimum Gasteiger partial charge on any atom is -0.496 e. The molecule has 2 aromatic rings. The Morgan fingerprint density at radius 3 is 2.58 bits per heavy atom. The molecule has 7 nitrogen and oxygen atoms in total. The largest absolute Gasteiger partial charge is 0.496 e. The van der Waals surface area contributed by atoms with E-state index in [1.807, 2.05) is 0 Å². The second-order valence-electron chi connectivity index (χ2n) is 4.92. The lowest BCUT2D eigenvalue weighted by Gasteiger charge is -2.13. The van der Waals surface area contributed by atoms with E-state index in [1.54, 1.807) is 12.1 Å². The van der Waals surface area contributed by atoms with Crippen molar-refractivity contribution in [2.75, 3.05) is 13.7 Å². The van der Waals surface area contributed by atoms with E-state index in [9.17, 15) is 20.0 Å². The molecular weight excluding hydrogens is 336 g/mol. The van der Waals surface area contributed by atoms with E-state index in [0.29, 0.717) is 16.3 Å². The van der Waals surface area contributed by atoms with Crippen molar-refractivity contribution in [2.45, 2.75) is 6.10 Å². The summed E-state index contributed by atoms with van der Waals surface area (Å²) in [5, 5.41) is 23.7. The molecule has 0 saturated carbocycles. The number of hydrogen-bond donors (Lipinski definition) is 2. The molecule has 0 aliphatic carbocycles. The number of aliphatic hydroxyl groups excluding tert-OH is 1. The Morgan fingerprint density at radius 2 is 2.00 bits per heavy atom. The summed E-state index contributed by atoms with van der Waals surface area (Å²) in [6.07, 6.45) is -1.00. The summed E-state index contributed by atoms with van der Waals surface area (Å²) >= 11 is 5.88. The number of halogens is 1. The molecule has 0 fully saturated rings. The number of rotatable bonds is 6. The van der Waals surface area contributed by atoms with Crippen LogP contribution in [-0.4, -0.2) is 29.6 Å². The Hall–Kier alpha value is -2.64. The fourth-order valence-corrected chi connectivity index (χ4v) is 2.25. The number of nitrogens with one attached hydrogen (secondary N) is 1. The van der Waals surface area contributed by atoms with Gasteiger partial charge >= 0.3 is 0 Å². The van der Waals surface area contributed by atoms with E-state index in [4.69, 9.17) is 16.3 Å². The second kappa shape index (κ2) is 7.76. The van der Waals surface area contributed by atoms with Gasteiger partial charge in [0.05, 0.1) is 23.7 Å². The van der Waals surface area contributed by atoms with Gasteiger partial charge in [-0.25, -0.2) is 0 Å². The number of carbonyl (C=O) groups excluding carboxylic acids is 1. The molecule has 1 unspecified atom stereocenters. The van der Waals surface area contributed by atoms with Crippen LogP contribution in [0.15, 0.2) is 42.5 Å². The monoisotopic (exact) mass is 350 g/mol. The van der Waals surface area contributed by atoms with Gasteiger partial charge in [-0.2, -0.15) is 0 Å². The Kier molecular flexibility index (Phi) is 5.73. The van der Waals surface area contributed by atoms with Crippen molar-refractivity contribution in [1.82, 2.24) is 5.32 Å². The van der Waals surface area contributed by atoms with E-state index in [1.165, 1.54) is 37.4 Å². The van der Waals surface area contributed by atoms with E-state index < -0.39 is 16.9 Å². The summed E-state index contributed by atoms with van der Waals surface area (Å²) in [5.74, 6) is -0.0861. The van der Waals surface area contributed by atoms with Crippen LogP contribution in [0.5, 0.6) is 5.75 Å². The minimum absolute atomic E-state index is 0.0632. The Labute approximate surface area is 143 Å². The highest BCUT2D eigenvalue weighted by molar-refractivity contribution is 6.31. The number of non-ortho nitro benzene ring substituents is 1. The van der Waals surface area contributed by atoms with Gasteiger partial charge in [-0.15, -0.1) is 0 Å². The molecule has 8 heteroatoms. The van der Waals surface area contributed by atoms with Crippen molar-refractivity contribution in [3.8, 4) is 5.75 Å². The van der Waals surface area contributed by atoms with Gasteiger partial charge in [-0.1, -0.05) is 11.6 Å². The summed E-state index contributed by atoms with van der Waals surface area (Å²) < 4.78 is 5.10. The molecule has 0 radical (unpaired) electrons. The molecule has 0 aliphatic heterocycles. The number of aliphatic hydroxyl groups is 1. The lowest BCUT2D eigenvalue weighted by atomic mass is 10.1. The van der Waals surface area contributed by atoms with Crippen molar-refractivity contribution in [1.29, 1.82) is 0 Å². The van der Waals surface area contributed by atoms with Crippen LogP contribution in [-0.2, 0) is 0 Å². The highest BCUT2D eigenvalue weighted by atomic mass is 35.5. The zero-order valence-electron chi connectivity index (χ0n) is 12.7. The number of benzene rings is 2. The molecule has 2 N–H and O–H groups in total. The molecule has 2 rings (SSSR count). The van der Waals surface area contributed by atoms with Crippen molar-refractivity contribution < 1.29 is 19.6 Å². The van der Waals surface area contributed by atoms with Gasteiger partial charge in [0.1, 0.15) is 5.75 Å². The van der Waals surface area contributed by atoms with Crippen LogP contribution in [0.3, 0.4) is 0 Å². The maximum absolute atomic E-state index is 12.2. The lowest BCUT2D eigenvalue weighted by molar-refractivity contribution is -0.384. The second-order valence-corrected chi connectivity index (χ2v) is 5.36. The first-order valence-corrected chi connectivity index (χ1v) is 7.34. The maximum Gasteiger partial charge on any atom is 0.269 e. The van der Waals surface area contributed by atoms with Gasteiger partial charge in [0.15, 0.2) is 0 Å². The highest BCUT2D eigenvalue weighted by Gasteiger charge is 2.16. The third-order valence-corrected chi connectivity index (χ3v) is 3.59. The first-order valence-electron chi connectivity index (χ1n) is 6.96. The standard InChI is InChI=1S/C16H15ClN2O5/c1-24-15-7-4-11(17)8-13(15)16(21)18-9-14(20)10-2-5-12(6-3-10)19(22)23/h2-8,14,20H,9H2,1H3,(H,18,21). The van der Waals surface area contributed by atoms with Crippen LogP contribution in [0.2, 0.25) is 5.02 Å². The quantitative estimate of drug-likeness (QED) is 0.616. The van der Waals surface area contributed by atoms with Gasteiger partial charge in [-0.05, 0) is 35.9 Å². The fraction of sp³-hybridized carbons (Fsp3) is 0.188. The molecule has 0 spiro atoms. The Bertz CT molecular complexity index is 749. The van der Waals surface area contributed by atoms with Gasteiger partial charge in [0.25, 0.3) is 11.6 Å². The molecule has 0 bridgehead atoms. The van der Waals surface area contributed by atoms with E-state index >= 15 is 0 Å². The van der Waals surface area contributed by atoms with E-state index in [-0.39, 0.29) is 17.8 Å². The zero-order chi connectivity index (χ0) is 17.7. The molecule has 0 aliphatic rings. The van der Waals surface area contributed by atoms with Crippen molar-refractivity contribution >= 4 is 23.2 Å². The van der Waals surface area contributed by atoms with Crippen LogP contribution < -0.4 is 10.1 Å². The zero-order valence-corrected chi connectivity index (χ0v) is 13.5. The molecule has 0 saturated heterocycles. The van der Waals surface area contributed by atoms with Gasteiger partial charge in [-0.3, -0.25) is 14.9 Å². The smallest absolute Gasteiger partial charge is 0.269 e. The SMILES string of the molecule is COc1ccc(Cl)cc1C(=O)NCC(O)c1ccc([N+](=O)[O-])cc1. The number of nitro benzene ring substituents is 1. The number of nitro groups is 1. The van der Waals surface area contributed by atoms with Gasteiger partial charge in [0.2, 0.25) is 0 Å². The summed E-state index contributed by atoms with van der Waals surface area (Å²) in [6.45, 7) is -0.0632. The van der Waals surface area contributed by atoms with Gasteiger partial charge in [0, 0.05) is 23.7 Å². The maximum atomic E-state index is 12.2. The molecule has 126 valence electrons. The highest BCUT2D eigenvalue weighted by Crippen LogP contribution is 2.23. The first-order chi connectivity index (χ1) is 11.4. The van der Waals surface area contributed by atoms with Crippen molar-refractivity contribution in [3.63, 3.8) is 0 Å². The third kappa shape index (κ3) is 4.21. The van der Waals surface area contributed by atoms with Crippen LogP contribution in [0.4, 0.5) is 5.69 Å². The summed E-state index contributed by atoms with van der Waals surface area (Å²) in [5.41, 5.74) is 0.638. The van der Waals surface area contributed by atoms with Crippen molar-refractivity contribution in [2.24, 2.45) is 0 Å². The summed E-state index contributed by atoms with van der Waals surface area (Å²) in [7, 11) is 1.44. The Balaban J connectivity index is 2.03. The molecule has 1 amide bonds. The molecule has 24 heavy (non-hydrogen) atoms. The molecule has 1 atom stereocenters.